The van der Waals surface area contributed by atoms with E-state index in [9.17, 15) is 37.6 Å². The summed E-state index contributed by atoms with van der Waals surface area (Å²) in [6.45, 7) is 8.67. The third-order valence-corrected chi connectivity index (χ3v) is 12.0. The Kier molecular flexibility index (Phi) is 13.1. The Morgan fingerprint density at radius 3 is 2.26 bits per heavy atom. The lowest BCUT2D eigenvalue weighted by Gasteiger charge is -2.42. The first kappa shape index (κ1) is 43.0. The van der Waals surface area contributed by atoms with Gasteiger partial charge in [0.05, 0.1) is 54.8 Å². The molecule has 312 valence electrons. The number of likely N-dealkylation sites (tertiary alicyclic amines) is 1. The number of imide groups is 1. The number of hydrogen-bond acceptors (Lipinski definition) is 10. The maximum atomic E-state index is 13.7. The molecule has 58 heavy (non-hydrogen) atoms. The summed E-state index contributed by atoms with van der Waals surface area (Å²) in [5.74, 6) is -1.22. The number of carbonyl (C=O) groups excluding carboxylic acids is 4. The van der Waals surface area contributed by atoms with Crippen LogP contribution in [0.4, 0.5) is 30.2 Å². The summed E-state index contributed by atoms with van der Waals surface area (Å²) < 4.78 is 53.6. The van der Waals surface area contributed by atoms with Crippen molar-refractivity contribution in [2.75, 3.05) is 35.3 Å². The summed E-state index contributed by atoms with van der Waals surface area (Å²) in [6.07, 6.45) is 0.235. The fourth-order valence-electron chi connectivity index (χ4n) is 8.65. The minimum absolute atomic E-state index is 0.00840. The highest BCUT2D eigenvalue weighted by Crippen LogP contribution is 2.41. The van der Waals surface area contributed by atoms with E-state index in [-0.39, 0.29) is 71.8 Å². The van der Waals surface area contributed by atoms with Gasteiger partial charge in [-0.25, -0.2) is 0 Å². The molecule has 1 aliphatic carbocycles. The van der Waals surface area contributed by atoms with Crippen LogP contribution in [-0.2, 0) is 34.8 Å². The molecular formula is C41H50F3N7O6S. The van der Waals surface area contributed by atoms with Crippen LogP contribution in [0.1, 0.15) is 90.2 Å². The second-order valence-electron chi connectivity index (χ2n) is 16.1. The molecule has 4 aliphatic rings. The van der Waals surface area contributed by atoms with Crippen LogP contribution in [0, 0.1) is 11.3 Å². The Morgan fingerprint density at radius 1 is 0.966 bits per heavy atom. The Labute approximate surface area is 341 Å². The van der Waals surface area contributed by atoms with Gasteiger partial charge in [0.2, 0.25) is 17.7 Å². The lowest BCUT2D eigenvalue weighted by atomic mass is 9.89. The highest BCUT2D eigenvalue weighted by molar-refractivity contribution is 7.80. The quantitative estimate of drug-likeness (QED) is 0.137. The molecule has 3 aliphatic heterocycles. The summed E-state index contributed by atoms with van der Waals surface area (Å²) in [5.41, 5.74) is -1.46. The molecule has 4 atom stereocenters. The molecule has 1 saturated carbocycles. The van der Waals surface area contributed by atoms with E-state index in [0.29, 0.717) is 43.9 Å². The number of alkyl halides is 3. The summed E-state index contributed by atoms with van der Waals surface area (Å²) in [4.78, 5) is 55.5. The SMILES string of the molecule is C[C@@H]1CC(OCCO[C@H]2CC[C@H](N3C(=S)N(c4ccc(C#N)c(C(F)(F)F)c4)C(=O)C3(C)C)CC2)C[C@H](C)N1CC(=O)Nc1cccc(NC2CCC(=O)NC2=O)c1. The van der Waals surface area contributed by atoms with E-state index in [0.717, 1.165) is 42.7 Å². The molecule has 6 rings (SSSR count). The number of piperidine rings is 2. The number of nitrogens with zero attached hydrogens (tertiary/aromatic N) is 4. The van der Waals surface area contributed by atoms with Gasteiger partial charge >= 0.3 is 6.18 Å². The molecule has 2 aromatic carbocycles. The number of nitriles is 1. The third-order valence-electron chi connectivity index (χ3n) is 11.6. The van der Waals surface area contributed by atoms with Crippen molar-refractivity contribution in [1.29, 1.82) is 5.26 Å². The zero-order valence-electron chi connectivity index (χ0n) is 33.1. The molecule has 0 aromatic heterocycles. The van der Waals surface area contributed by atoms with E-state index in [1.54, 1.807) is 44.2 Å². The van der Waals surface area contributed by atoms with Crippen LogP contribution in [-0.4, -0.2) is 100 Å². The van der Waals surface area contributed by atoms with Crippen LogP contribution in [0.5, 0.6) is 0 Å². The van der Waals surface area contributed by atoms with Gasteiger partial charge in [-0.05, 0) is 121 Å². The first-order valence-corrected chi connectivity index (χ1v) is 20.1. The second-order valence-corrected chi connectivity index (χ2v) is 16.5. The van der Waals surface area contributed by atoms with Crippen molar-refractivity contribution in [3.8, 4) is 6.07 Å². The Hall–Kier alpha value is -4.63. The molecule has 2 unspecified atom stereocenters. The summed E-state index contributed by atoms with van der Waals surface area (Å²) in [6, 6.07) is 11.5. The highest BCUT2D eigenvalue weighted by Gasteiger charge is 2.52. The van der Waals surface area contributed by atoms with Gasteiger partial charge in [0, 0.05) is 35.9 Å². The monoisotopic (exact) mass is 825 g/mol. The average molecular weight is 826 g/mol. The van der Waals surface area contributed by atoms with Crippen molar-refractivity contribution in [3.05, 3.63) is 53.6 Å². The summed E-state index contributed by atoms with van der Waals surface area (Å²) in [7, 11) is 0. The van der Waals surface area contributed by atoms with Crippen molar-refractivity contribution in [1.82, 2.24) is 15.1 Å². The maximum absolute atomic E-state index is 13.7. The Bertz CT molecular complexity index is 1940. The van der Waals surface area contributed by atoms with E-state index in [1.165, 1.54) is 6.07 Å². The third kappa shape index (κ3) is 9.62. The molecule has 4 fully saturated rings. The molecule has 0 spiro atoms. The van der Waals surface area contributed by atoms with Gasteiger partial charge in [-0.1, -0.05) is 6.07 Å². The van der Waals surface area contributed by atoms with Crippen LogP contribution in [0.25, 0.3) is 0 Å². The first-order valence-electron chi connectivity index (χ1n) is 19.7. The van der Waals surface area contributed by atoms with Gasteiger partial charge in [-0.2, -0.15) is 18.4 Å². The van der Waals surface area contributed by atoms with Gasteiger partial charge in [0.1, 0.15) is 11.6 Å². The number of ether oxygens (including phenoxy) is 2. The van der Waals surface area contributed by atoms with Gasteiger partial charge in [0.15, 0.2) is 5.11 Å². The van der Waals surface area contributed by atoms with E-state index in [2.05, 4.69) is 34.7 Å². The van der Waals surface area contributed by atoms with Gasteiger partial charge in [-0.15, -0.1) is 0 Å². The van der Waals surface area contributed by atoms with Crippen LogP contribution in [0.2, 0.25) is 0 Å². The van der Waals surface area contributed by atoms with Crippen LogP contribution in [0.3, 0.4) is 0 Å². The summed E-state index contributed by atoms with van der Waals surface area (Å²) in [5, 5.41) is 17.8. The molecule has 3 saturated heterocycles. The molecule has 3 N–H and O–H groups in total. The number of hydrogen-bond donors (Lipinski definition) is 3. The molecule has 17 heteroatoms. The number of rotatable bonds is 12. The number of amides is 4. The van der Waals surface area contributed by atoms with Crippen molar-refractivity contribution >= 4 is 58.0 Å². The zero-order chi connectivity index (χ0) is 41.9. The second kappa shape index (κ2) is 17.7. The van der Waals surface area contributed by atoms with Crippen LogP contribution < -0.4 is 20.9 Å². The molecule has 2 aromatic rings. The predicted octanol–water partition coefficient (Wildman–Crippen LogP) is 5.73. The lowest BCUT2D eigenvalue weighted by Crippen LogP contribution is -2.51. The standard InChI is InChI=1S/C41H50F3N7O6S/c1-24-18-32(19-25(2)49(24)23-36(53)47-28-7-5-6-27(20-28)46-34-14-15-35(52)48-37(34)54)57-17-16-56-31-12-10-29(11-13-31)51-39(58)50(38(55)40(51,3)4)30-9-8-26(22-45)33(21-30)41(42,43)44/h5-9,20-21,24-25,29,31-32,34,46H,10-19,23H2,1-4H3,(H,47,53)(H,48,52,54)/t24-,25+,29-,31-,32?,34?. The molecule has 0 radical (unpaired) electrons. The van der Waals surface area contributed by atoms with Gasteiger partial charge in [-0.3, -0.25) is 34.3 Å². The first-order chi connectivity index (χ1) is 27.5. The van der Waals surface area contributed by atoms with Gasteiger partial charge < -0.3 is 25.0 Å². The number of anilines is 3. The van der Waals surface area contributed by atoms with E-state index in [4.69, 9.17) is 21.7 Å². The molecule has 13 nitrogen and oxygen atoms in total. The van der Waals surface area contributed by atoms with Crippen molar-refractivity contribution < 1.29 is 41.8 Å². The average Bonchev–Trinajstić information content (AvgIpc) is 3.34. The normalized spacial score (nSPS) is 26.7. The minimum Gasteiger partial charge on any atom is -0.376 e. The molecular weight excluding hydrogens is 776 g/mol. The largest absolute Gasteiger partial charge is 0.417 e. The smallest absolute Gasteiger partial charge is 0.376 e. The van der Waals surface area contributed by atoms with Crippen LogP contribution in [0.15, 0.2) is 42.5 Å². The van der Waals surface area contributed by atoms with E-state index >= 15 is 0 Å². The molecule has 4 amide bonds. The van der Waals surface area contributed by atoms with E-state index < -0.39 is 34.8 Å². The topological polar surface area (TPSA) is 156 Å². The van der Waals surface area contributed by atoms with Crippen LogP contribution >= 0.6 is 12.2 Å². The fraction of sp³-hybridized carbons (Fsp3) is 0.561. The molecule has 0 bridgehead atoms. The fourth-order valence-corrected chi connectivity index (χ4v) is 9.21. The van der Waals surface area contributed by atoms with Crippen molar-refractivity contribution in [2.24, 2.45) is 0 Å². The van der Waals surface area contributed by atoms with Crippen molar-refractivity contribution in [3.63, 3.8) is 0 Å². The Balaban J connectivity index is 0.919. The van der Waals surface area contributed by atoms with E-state index in [1.807, 2.05) is 4.90 Å². The Morgan fingerprint density at radius 2 is 1.62 bits per heavy atom. The molecule has 3 heterocycles. The predicted molar refractivity (Wildman–Crippen MR) is 214 cm³/mol. The number of carbonyl (C=O) groups is 4. The highest BCUT2D eigenvalue weighted by atomic mass is 32.1. The van der Waals surface area contributed by atoms with Gasteiger partial charge in [0.25, 0.3) is 5.91 Å². The number of benzene rings is 2. The lowest BCUT2D eigenvalue weighted by molar-refractivity contribution is -0.138. The number of thiocarbonyl (C=S) groups is 1. The van der Waals surface area contributed by atoms with Crippen molar-refractivity contribution in [2.45, 2.75) is 127 Å². The summed E-state index contributed by atoms with van der Waals surface area (Å²) >= 11 is 5.72. The zero-order valence-corrected chi connectivity index (χ0v) is 33.9. The maximum Gasteiger partial charge on any atom is 0.417 e. The minimum atomic E-state index is -4.77. The number of nitrogens with one attached hydrogen (secondary N) is 3. The number of halogens is 3.